The van der Waals surface area contributed by atoms with Crippen LogP contribution in [-0.2, 0) is 0 Å². The van der Waals surface area contributed by atoms with Crippen LogP contribution >= 0.6 is 11.3 Å². The fraction of sp³-hybridized carbons (Fsp3) is 0. The van der Waals surface area contributed by atoms with Crippen LogP contribution in [0.2, 0.25) is 0 Å². The Morgan fingerprint density at radius 1 is 1.04 bits per heavy atom. The molecule has 4 nitrogen and oxygen atoms in total. The van der Waals surface area contributed by atoms with Crippen molar-refractivity contribution in [2.75, 3.05) is 5.32 Å². The van der Waals surface area contributed by atoms with Crippen LogP contribution in [0.25, 0.3) is 16.2 Å². The minimum Gasteiger partial charge on any atom is -0.318 e. The first-order valence-electron chi connectivity index (χ1n) is 7.50. The first-order valence-corrected chi connectivity index (χ1v) is 8.38. The first kappa shape index (κ1) is 16.3. The third kappa shape index (κ3) is 2.95. The van der Waals surface area contributed by atoms with E-state index in [9.17, 15) is 18.0 Å². The molecule has 0 fully saturated rings. The number of hydrogen-bond donors (Lipinski definition) is 1. The van der Waals surface area contributed by atoms with Crippen LogP contribution in [0.1, 0.15) is 10.5 Å². The van der Waals surface area contributed by atoms with Gasteiger partial charge in [0.1, 0.15) is 23.1 Å². The summed E-state index contributed by atoms with van der Waals surface area (Å²) in [6, 6.07) is 8.75. The fourth-order valence-corrected chi connectivity index (χ4v) is 3.34. The van der Waals surface area contributed by atoms with Gasteiger partial charge in [0.25, 0.3) is 5.91 Å². The van der Waals surface area contributed by atoms with Gasteiger partial charge in [-0.15, -0.1) is 11.3 Å². The molecule has 130 valence electrons. The van der Waals surface area contributed by atoms with Gasteiger partial charge in [0, 0.05) is 23.2 Å². The van der Waals surface area contributed by atoms with E-state index in [1.54, 1.807) is 28.1 Å². The lowest BCUT2D eigenvalue weighted by Gasteiger charge is -2.05. The maximum Gasteiger partial charge on any atom is 0.273 e. The molecule has 0 aliphatic carbocycles. The van der Waals surface area contributed by atoms with E-state index in [2.05, 4.69) is 10.3 Å². The smallest absolute Gasteiger partial charge is 0.273 e. The predicted octanol–water partition coefficient (Wildman–Crippen LogP) is 4.73. The zero-order valence-corrected chi connectivity index (χ0v) is 13.9. The van der Waals surface area contributed by atoms with Crippen molar-refractivity contribution in [3.63, 3.8) is 0 Å². The number of aromatic nitrogens is 2. The van der Waals surface area contributed by atoms with E-state index in [0.29, 0.717) is 22.3 Å². The van der Waals surface area contributed by atoms with E-state index in [4.69, 9.17) is 0 Å². The number of benzene rings is 2. The second kappa shape index (κ2) is 6.30. The lowest BCUT2D eigenvalue weighted by molar-refractivity contribution is 0.102. The van der Waals surface area contributed by atoms with Crippen molar-refractivity contribution < 1.29 is 18.0 Å². The van der Waals surface area contributed by atoms with Crippen molar-refractivity contribution in [3.8, 4) is 11.3 Å². The molecule has 1 amide bonds. The normalized spacial score (nSPS) is 11.0. The van der Waals surface area contributed by atoms with Crippen molar-refractivity contribution in [3.05, 3.63) is 77.2 Å². The van der Waals surface area contributed by atoms with Gasteiger partial charge in [0.2, 0.25) is 0 Å². The molecule has 2 aromatic heterocycles. The van der Waals surface area contributed by atoms with Crippen molar-refractivity contribution >= 4 is 27.9 Å². The van der Waals surface area contributed by atoms with Gasteiger partial charge in [-0.05, 0) is 36.4 Å². The van der Waals surface area contributed by atoms with Gasteiger partial charge in [-0.2, -0.15) is 0 Å². The van der Waals surface area contributed by atoms with Crippen LogP contribution < -0.4 is 5.32 Å². The van der Waals surface area contributed by atoms with Gasteiger partial charge in [0.05, 0.1) is 11.4 Å². The Morgan fingerprint density at radius 2 is 1.77 bits per heavy atom. The maximum absolute atomic E-state index is 13.7. The standard InChI is InChI=1S/C18H10F3N3OS/c19-11-3-1-10(2-4-11)15-8-24-16(9-26-18(24)23-15)17(25)22-14-6-5-12(20)7-13(14)21/h1-9H,(H,22,25). The average molecular weight is 373 g/mol. The number of anilines is 1. The highest BCUT2D eigenvalue weighted by molar-refractivity contribution is 7.15. The lowest BCUT2D eigenvalue weighted by Crippen LogP contribution is -2.14. The number of carbonyl (C=O) groups excluding carboxylic acids is 1. The molecule has 4 aromatic rings. The third-order valence-corrected chi connectivity index (χ3v) is 4.60. The van der Waals surface area contributed by atoms with Gasteiger partial charge in [-0.25, -0.2) is 18.2 Å². The van der Waals surface area contributed by atoms with Crippen molar-refractivity contribution in [1.82, 2.24) is 9.38 Å². The summed E-state index contributed by atoms with van der Waals surface area (Å²) in [6.45, 7) is 0. The minimum absolute atomic E-state index is 0.116. The molecule has 0 bridgehead atoms. The Kier molecular flexibility index (Phi) is 3.96. The van der Waals surface area contributed by atoms with Gasteiger partial charge < -0.3 is 5.32 Å². The average Bonchev–Trinajstić information content (AvgIpc) is 3.18. The van der Waals surface area contributed by atoms with Crippen LogP contribution in [0.3, 0.4) is 0 Å². The molecule has 2 heterocycles. The second-order valence-electron chi connectivity index (χ2n) is 5.48. The number of nitrogens with one attached hydrogen (secondary N) is 1. The van der Waals surface area contributed by atoms with Gasteiger partial charge in [0.15, 0.2) is 4.96 Å². The zero-order chi connectivity index (χ0) is 18.3. The second-order valence-corrected chi connectivity index (χ2v) is 6.32. The van der Waals surface area contributed by atoms with E-state index in [1.807, 2.05) is 0 Å². The molecule has 1 N–H and O–H groups in total. The number of thiazole rings is 1. The number of carbonyl (C=O) groups is 1. The number of halogens is 3. The maximum atomic E-state index is 13.7. The quantitative estimate of drug-likeness (QED) is 0.564. The van der Waals surface area contributed by atoms with Crippen molar-refractivity contribution in [1.29, 1.82) is 0 Å². The molecule has 8 heteroatoms. The summed E-state index contributed by atoms with van der Waals surface area (Å²) < 4.78 is 41.3. The first-order chi connectivity index (χ1) is 12.5. The van der Waals surface area contributed by atoms with E-state index >= 15 is 0 Å². The Labute approximate surface area is 149 Å². The van der Waals surface area contributed by atoms with Gasteiger partial charge >= 0.3 is 0 Å². The highest BCUT2D eigenvalue weighted by Gasteiger charge is 2.17. The monoisotopic (exact) mass is 373 g/mol. The minimum atomic E-state index is -0.859. The summed E-state index contributed by atoms with van der Waals surface area (Å²) in [5.74, 6) is -2.49. The summed E-state index contributed by atoms with van der Waals surface area (Å²) in [5.41, 5.74) is 1.43. The molecule has 0 aliphatic heterocycles. The number of nitrogens with zero attached hydrogens (tertiary/aromatic N) is 2. The Balaban J connectivity index is 1.66. The van der Waals surface area contributed by atoms with Crippen LogP contribution in [0.15, 0.2) is 54.0 Å². The predicted molar refractivity (Wildman–Crippen MR) is 92.8 cm³/mol. The number of fused-ring (bicyclic) bond motifs is 1. The molecule has 26 heavy (non-hydrogen) atoms. The Morgan fingerprint density at radius 3 is 2.50 bits per heavy atom. The Bertz CT molecular complexity index is 1120. The molecular weight excluding hydrogens is 363 g/mol. The topological polar surface area (TPSA) is 46.4 Å². The van der Waals surface area contributed by atoms with Crippen LogP contribution in [0.4, 0.5) is 18.9 Å². The molecule has 0 radical (unpaired) electrons. The van der Waals surface area contributed by atoms with Crippen LogP contribution in [0.5, 0.6) is 0 Å². The lowest BCUT2D eigenvalue weighted by atomic mass is 10.2. The highest BCUT2D eigenvalue weighted by atomic mass is 32.1. The molecule has 0 atom stereocenters. The van der Waals surface area contributed by atoms with Crippen LogP contribution in [-0.4, -0.2) is 15.3 Å². The third-order valence-electron chi connectivity index (χ3n) is 3.76. The van der Waals surface area contributed by atoms with Gasteiger partial charge in [-0.1, -0.05) is 0 Å². The van der Waals surface area contributed by atoms with E-state index in [-0.39, 0.29) is 17.2 Å². The number of rotatable bonds is 3. The van der Waals surface area contributed by atoms with E-state index in [1.165, 1.54) is 23.5 Å². The summed E-state index contributed by atoms with van der Waals surface area (Å²) in [4.78, 5) is 17.4. The summed E-state index contributed by atoms with van der Waals surface area (Å²) in [7, 11) is 0. The molecular formula is C18H10F3N3OS. The number of imidazole rings is 1. The van der Waals surface area contributed by atoms with E-state index in [0.717, 1.165) is 12.1 Å². The molecule has 0 unspecified atom stereocenters. The molecule has 2 aromatic carbocycles. The summed E-state index contributed by atoms with van der Waals surface area (Å²) in [5, 5.41) is 4.01. The molecule has 0 saturated carbocycles. The summed E-state index contributed by atoms with van der Waals surface area (Å²) >= 11 is 1.24. The van der Waals surface area contributed by atoms with Crippen LogP contribution in [0, 0.1) is 17.5 Å². The molecule has 0 saturated heterocycles. The van der Waals surface area contributed by atoms with Gasteiger partial charge in [-0.3, -0.25) is 9.20 Å². The fourth-order valence-electron chi connectivity index (χ4n) is 2.48. The van der Waals surface area contributed by atoms with Crippen molar-refractivity contribution in [2.24, 2.45) is 0 Å². The highest BCUT2D eigenvalue weighted by Crippen LogP contribution is 2.25. The SMILES string of the molecule is O=C(Nc1ccc(F)cc1F)c1csc2nc(-c3ccc(F)cc3)cn12. The summed E-state index contributed by atoms with van der Waals surface area (Å²) in [6.07, 6.45) is 1.65. The number of hydrogen-bond acceptors (Lipinski definition) is 3. The molecule has 0 spiro atoms. The Hall–Kier alpha value is -3.13. The largest absolute Gasteiger partial charge is 0.318 e. The molecule has 0 aliphatic rings. The molecule has 4 rings (SSSR count). The van der Waals surface area contributed by atoms with Crippen molar-refractivity contribution in [2.45, 2.75) is 0 Å². The zero-order valence-electron chi connectivity index (χ0n) is 13.0. The van der Waals surface area contributed by atoms with E-state index < -0.39 is 17.5 Å². The number of amides is 1.